The van der Waals surface area contributed by atoms with Crippen molar-refractivity contribution in [3.63, 3.8) is 0 Å². The minimum absolute atomic E-state index is 0. The Morgan fingerprint density at radius 1 is 1.53 bits per heavy atom. The van der Waals surface area contributed by atoms with E-state index in [1.165, 1.54) is 12.1 Å². The van der Waals surface area contributed by atoms with Gasteiger partial charge in [-0.1, -0.05) is 17.7 Å². The van der Waals surface area contributed by atoms with E-state index in [9.17, 15) is 4.39 Å². The molecule has 0 aliphatic carbocycles. The summed E-state index contributed by atoms with van der Waals surface area (Å²) >= 11 is 6.00. The lowest BCUT2D eigenvalue weighted by atomic mass is 10.2. The normalized spacial score (nSPS) is 20.3. The average molecular weight is 279 g/mol. The Morgan fingerprint density at radius 3 is 2.88 bits per heavy atom. The van der Waals surface area contributed by atoms with Crippen LogP contribution in [0.4, 0.5) is 4.39 Å². The highest BCUT2D eigenvalue weighted by molar-refractivity contribution is 6.31. The van der Waals surface area contributed by atoms with Crippen LogP contribution < -0.4 is 5.32 Å². The van der Waals surface area contributed by atoms with Crippen LogP contribution in [0.1, 0.15) is 12.0 Å². The first-order chi connectivity index (χ1) is 7.69. The molecule has 1 aliphatic rings. The van der Waals surface area contributed by atoms with E-state index in [1.807, 2.05) is 7.05 Å². The van der Waals surface area contributed by atoms with Crippen molar-refractivity contribution in [3.8, 4) is 0 Å². The summed E-state index contributed by atoms with van der Waals surface area (Å²) in [5.41, 5.74) is 1.000. The first-order valence-corrected chi connectivity index (χ1v) is 5.90. The molecule has 1 fully saturated rings. The van der Waals surface area contributed by atoms with Gasteiger partial charge in [0.25, 0.3) is 0 Å². The minimum atomic E-state index is -0.275. The van der Waals surface area contributed by atoms with Gasteiger partial charge in [-0.2, -0.15) is 0 Å². The SMILES string of the molecule is CNC1CCN(Cc2ccc(F)cc2Cl)C1.Cl. The third-order valence-corrected chi connectivity index (χ3v) is 3.44. The van der Waals surface area contributed by atoms with E-state index >= 15 is 0 Å². The fourth-order valence-electron chi connectivity index (χ4n) is 2.10. The molecule has 1 aromatic rings. The van der Waals surface area contributed by atoms with Crippen molar-refractivity contribution < 1.29 is 4.39 Å². The van der Waals surface area contributed by atoms with Crippen molar-refractivity contribution in [2.24, 2.45) is 0 Å². The number of hydrogen-bond acceptors (Lipinski definition) is 2. The summed E-state index contributed by atoms with van der Waals surface area (Å²) in [6, 6.07) is 5.18. The Labute approximate surface area is 113 Å². The summed E-state index contributed by atoms with van der Waals surface area (Å²) in [6.07, 6.45) is 1.16. The fourth-order valence-corrected chi connectivity index (χ4v) is 2.33. The van der Waals surface area contributed by atoms with E-state index < -0.39 is 0 Å². The molecule has 2 rings (SSSR count). The quantitative estimate of drug-likeness (QED) is 0.915. The Morgan fingerprint density at radius 2 is 2.29 bits per heavy atom. The maximum atomic E-state index is 12.9. The number of halogens is 3. The summed E-state index contributed by atoms with van der Waals surface area (Å²) in [6.45, 7) is 2.90. The molecule has 0 saturated carbocycles. The number of rotatable bonds is 3. The van der Waals surface area contributed by atoms with Gasteiger partial charge in [0.2, 0.25) is 0 Å². The molecular weight excluding hydrogens is 262 g/mol. The standard InChI is InChI=1S/C12H16ClFN2.ClH/c1-15-11-4-5-16(8-11)7-9-2-3-10(14)6-12(9)13;/h2-3,6,11,15H,4-5,7-8H2,1H3;1H. The van der Waals surface area contributed by atoms with Crippen LogP contribution in [-0.2, 0) is 6.54 Å². The number of benzene rings is 1. The molecule has 1 aromatic carbocycles. The summed E-state index contributed by atoms with van der Waals surface area (Å²) in [5, 5.41) is 3.79. The van der Waals surface area contributed by atoms with Gasteiger partial charge in [0.05, 0.1) is 0 Å². The Balaban J connectivity index is 0.00000144. The van der Waals surface area contributed by atoms with Crippen molar-refractivity contribution in [2.75, 3.05) is 20.1 Å². The van der Waals surface area contributed by atoms with E-state index in [2.05, 4.69) is 10.2 Å². The van der Waals surface area contributed by atoms with Crippen LogP contribution in [0.25, 0.3) is 0 Å². The van der Waals surface area contributed by atoms with E-state index in [4.69, 9.17) is 11.6 Å². The second-order valence-electron chi connectivity index (χ2n) is 4.25. The molecule has 0 radical (unpaired) electrons. The van der Waals surface area contributed by atoms with Crippen LogP contribution in [0.2, 0.25) is 5.02 Å². The maximum absolute atomic E-state index is 12.9. The predicted octanol–water partition coefficient (Wildman–Crippen LogP) is 2.69. The molecule has 2 nitrogen and oxygen atoms in total. The predicted molar refractivity (Wildman–Crippen MR) is 71.4 cm³/mol. The molecule has 1 saturated heterocycles. The average Bonchev–Trinajstić information content (AvgIpc) is 2.70. The van der Waals surface area contributed by atoms with Gasteiger partial charge in [0.15, 0.2) is 0 Å². The monoisotopic (exact) mass is 278 g/mol. The summed E-state index contributed by atoms with van der Waals surface area (Å²) < 4.78 is 12.9. The first kappa shape index (κ1) is 14.7. The lowest BCUT2D eigenvalue weighted by Crippen LogP contribution is -2.29. The summed E-state index contributed by atoms with van der Waals surface area (Å²) in [5.74, 6) is -0.275. The van der Waals surface area contributed by atoms with Gasteiger partial charge in [-0.25, -0.2) is 4.39 Å². The molecule has 1 atom stereocenters. The van der Waals surface area contributed by atoms with Crippen LogP contribution in [0.5, 0.6) is 0 Å². The van der Waals surface area contributed by atoms with Crippen LogP contribution in [-0.4, -0.2) is 31.1 Å². The Bertz CT molecular complexity index is 374. The summed E-state index contributed by atoms with van der Waals surface area (Å²) in [7, 11) is 1.99. The molecule has 1 N–H and O–H groups in total. The van der Waals surface area contributed by atoms with Crippen LogP contribution >= 0.6 is 24.0 Å². The lowest BCUT2D eigenvalue weighted by molar-refractivity contribution is 0.322. The van der Waals surface area contributed by atoms with Gasteiger partial charge in [0, 0.05) is 30.7 Å². The highest BCUT2D eigenvalue weighted by Crippen LogP contribution is 2.21. The van der Waals surface area contributed by atoms with Crippen LogP contribution in [0.3, 0.4) is 0 Å². The minimum Gasteiger partial charge on any atom is -0.316 e. The second kappa shape index (κ2) is 6.55. The smallest absolute Gasteiger partial charge is 0.124 e. The number of nitrogens with one attached hydrogen (secondary N) is 1. The zero-order valence-electron chi connectivity index (χ0n) is 9.75. The Hall–Kier alpha value is -0.350. The molecule has 0 aromatic heterocycles. The van der Waals surface area contributed by atoms with E-state index in [1.54, 1.807) is 6.07 Å². The lowest BCUT2D eigenvalue weighted by Gasteiger charge is -2.16. The topological polar surface area (TPSA) is 15.3 Å². The van der Waals surface area contributed by atoms with Crippen molar-refractivity contribution in [2.45, 2.75) is 19.0 Å². The van der Waals surface area contributed by atoms with E-state index in [0.29, 0.717) is 11.1 Å². The van der Waals surface area contributed by atoms with E-state index in [0.717, 1.165) is 31.6 Å². The van der Waals surface area contributed by atoms with Crippen molar-refractivity contribution in [3.05, 3.63) is 34.6 Å². The zero-order valence-corrected chi connectivity index (χ0v) is 11.3. The zero-order chi connectivity index (χ0) is 11.5. The molecule has 1 aliphatic heterocycles. The largest absolute Gasteiger partial charge is 0.316 e. The third-order valence-electron chi connectivity index (χ3n) is 3.09. The number of nitrogens with zero attached hydrogens (tertiary/aromatic N) is 1. The third kappa shape index (κ3) is 3.81. The van der Waals surface area contributed by atoms with Crippen LogP contribution in [0.15, 0.2) is 18.2 Å². The molecule has 5 heteroatoms. The molecule has 1 heterocycles. The number of likely N-dealkylation sites (tertiary alicyclic amines) is 1. The molecule has 0 bridgehead atoms. The highest BCUT2D eigenvalue weighted by atomic mass is 35.5. The number of likely N-dealkylation sites (N-methyl/N-ethyl adjacent to an activating group) is 1. The molecule has 0 amide bonds. The first-order valence-electron chi connectivity index (χ1n) is 5.52. The van der Waals surface area contributed by atoms with E-state index in [-0.39, 0.29) is 18.2 Å². The molecule has 1 unspecified atom stereocenters. The van der Waals surface area contributed by atoms with Crippen LogP contribution in [0, 0.1) is 5.82 Å². The summed E-state index contributed by atoms with van der Waals surface area (Å²) in [4.78, 5) is 2.33. The molecular formula is C12H17Cl2FN2. The van der Waals surface area contributed by atoms with Gasteiger partial charge in [0.1, 0.15) is 5.82 Å². The van der Waals surface area contributed by atoms with Crippen molar-refractivity contribution in [1.82, 2.24) is 10.2 Å². The Kier molecular flexibility index (Phi) is 5.67. The van der Waals surface area contributed by atoms with Gasteiger partial charge in [-0.3, -0.25) is 4.90 Å². The van der Waals surface area contributed by atoms with Gasteiger partial charge in [-0.15, -0.1) is 12.4 Å². The van der Waals surface area contributed by atoms with Gasteiger partial charge >= 0.3 is 0 Å². The maximum Gasteiger partial charge on any atom is 0.124 e. The van der Waals surface area contributed by atoms with Crippen molar-refractivity contribution >= 4 is 24.0 Å². The second-order valence-corrected chi connectivity index (χ2v) is 4.65. The van der Waals surface area contributed by atoms with Gasteiger partial charge < -0.3 is 5.32 Å². The van der Waals surface area contributed by atoms with Gasteiger partial charge in [-0.05, 0) is 31.2 Å². The molecule has 0 spiro atoms. The number of hydrogen-bond donors (Lipinski definition) is 1. The highest BCUT2D eigenvalue weighted by Gasteiger charge is 2.21. The fraction of sp³-hybridized carbons (Fsp3) is 0.500. The van der Waals surface area contributed by atoms with Crippen molar-refractivity contribution in [1.29, 1.82) is 0 Å². The molecule has 17 heavy (non-hydrogen) atoms. The molecule has 96 valence electrons.